The zero-order chi connectivity index (χ0) is 12.1. The standard InChI is InChI=1S/C13H23N3S/c1-11(2)16(9-13-7-15-10-17-13)8-12-4-3-5-14-6-12/h7,10-12,14H,3-6,8-9H2,1-2H3. The van der Waals surface area contributed by atoms with Crippen molar-refractivity contribution < 1.29 is 0 Å². The van der Waals surface area contributed by atoms with Crippen molar-refractivity contribution in [3.8, 4) is 0 Å². The molecule has 1 aliphatic heterocycles. The Labute approximate surface area is 108 Å². The fourth-order valence-electron chi connectivity index (χ4n) is 2.39. The summed E-state index contributed by atoms with van der Waals surface area (Å²) < 4.78 is 0. The first-order chi connectivity index (χ1) is 8.25. The van der Waals surface area contributed by atoms with Gasteiger partial charge in [0.1, 0.15) is 0 Å². The first kappa shape index (κ1) is 13.0. The van der Waals surface area contributed by atoms with E-state index >= 15 is 0 Å². The molecule has 1 aromatic rings. The lowest BCUT2D eigenvalue weighted by Gasteiger charge is -2.32. The summed E-state index contributed by atoms with van der Waals surface area (Å²) in [4.78, 5) is 8.11. The van der Waals surface area contributed by atoms with Gasteiger partial charge in [0, 0.05) is 30.2 Å². The molecule has 0 aliphatic carbocycles. The van der Waals surface area contributed by atoms with E-state index in [9.17, 15) is 0 Å². The molecule has 1 fully saturated rings. The van der Waals surface area contributed by atoms with Crippen LogP contribution in [0.1, 0.15) is 31.6 Å². The predicted octanol–water partition coefficient (Wildman–Crippen LogP) is 2.35. The van der Waals surface area contributed by atoms with E-state index in [1.54, 1.807) is 11.3 Å². The Balaban J connectivity index is 1.87. The highest BCUT2D eigenvalue weighted by molar-refractivity contribution is 7.09. The zero-order valence-electron chi connectivity index (χ0n) is 10.9. The number of aromatic nitrogens is 1. The third kappa shape index (κ3) is 4.05. The van der Waals surface area contributed by atoms with Crippen molar-refractivity contribution in [1.29, 1.82) is 0 Å². The average Bonchev–Trinajstić information content (AvgIpc) is 2.82. The lowest BCUT2D eigenvalue weighted by Crippen LogP contribution is -2.40. The van der Waals surface area contributed by atoms with Crippen LogP contribution in [-0.4, -0.2) is 35.6 Å². The molecule has 2 rings (SSSR count). The van der Waals surface area contributed by atoms with Gasteiger partial charge in [-0.3, -0.25) is 9.88 Å². The van der Waals surface area contributed by atoms with Crippen molar-refractivity contribution in [2.24, 2.45) is 5.92 Å². The van der Waals surface area contributed by atoms with Gasteiger partial charge < -0.3 is 5.32 Å². The van der Waals surface area contributed by atoms with Crippen LogP contribution >= 0.6 is 11.3 Å². The highest BCUT2D eigenvalue weighted by Gasteiger charge is 2.19. The summed E-state index contributed by atoms with van der Waals surface area (Å²) in [6.45, 7) is 9.23. The first-order valence-electron chi connectivity index (χ1n) is 6.58. The second kappa shape index (κ2) is 6.47. The number of nitrogens with zero attached hydrogens (tertiary/aromatic N) is 2. The van der Waals surface area contributed by atoms with E-state index in [2.05, 4.69) is 29.0 Å². The minimum absolute atomic E-state index is 0.610. The molecule has 3 nitrogen and oxygen atoms in total. The minimum Gasteiger partial charge on any atom is -0.316 e. The average molecular weight is 253 g/mol. The number of nitrogens with one attached hydrogen (secondary N) is 1. The molecule has 17 heavy (non-hydrogen) atoms. The van der Waals surface area contributed by atoms with Crippen LogP contribution in [0.25, 0.3) is 0 Å². The predicted molar refractivity (Wildman–Crippen MR) is 73.3 cm³/mol. The summed E-state index contributed by atoms with van der Waals surface area (Å²) in [6.07, 6.45) is 4.70. The molecule has 0 aromatic carbocycles. The van der Waals surface area contributed by atoms with Gasteiger partial charge in [0.05, 0.1) is 5.51 Å². The van der Waals surface area contributed by atoms with Crippen LogP contribution in [0.4, 0.5) is 0 Å². The number of piperidine rings is 1. The molecule has 0 radical (unpaired) electrons. The van der Waals surface area contributed by atoms with Crippen molar-refractivity contribution in [3.05, 3.63) is 16.6 Å². The number of rotatable bonds is 5. The van der Waals surface area contributed by atoms with Crippen LogP contribution in [0.3, 0.4) is 0 Å². The normalized spacial score (nSPS) is 21.3. The van der Waals surface area contributed by atoms with Crippen molar-refractivity contribution in [1.82, 2.24) is 15.2 Å². The van der Waals surface area contributed by atoms with Gasteiger partial charge in [-0.25, -0.2) is 0 Å². The van der Waals surface area contributed by atoms with Crippen LogP contribution in [0.15, 0.2) is 11.7 Å². The molecular weight excluding hydrogens is 230 g/mol. The third-order valence-electron chi connectivity index (χ3n) is 3.46. The van der Waals surface area contributed by atoms with Crippen molar-refractivity contribution in [2.45, 2.75) is 39.3 Å². The summed E-state index contributed by atoms with van der Waals surface area (Å²) in [7, 11) is 0. The molecule has 1 N–H and O–H groups in total. The fraction of sp³-hybridized carbons (Fsp3) is 0.769. The lowest BCUT2D eigenvalue weighted by atomic mass is 9.98. The largest absolute Gasteiger partial charge is 0.316 e. The molecule has 4 heteroatoms. The van der Waals surface area contributed by atoms with Crippen molar-refractivity contribution in [3.63, 3.8) is 0 Å². The molecule has 0 spiro atoms. The van der Waals surface area contributed by atoms with Crippen LogP contribution in [0.2, 0.25) is 0 Å². The second-order valence-electron chi connectivity index (χ2n) is 5.20. The van der Waals surface area contributed by atoms with Gasteiger partial charge in [-0.2, -0.15) is 0 Å². The maximum Gasteiger partial charge on any atom is 0.0794 e. The fourth-order valence-corrected chi connectivity index (χ4v) is 3.01. The van der Waals surface area contributed by atoms with E-state index in [0.717, 1.165) is 12.5 Å². The maximum atomic E-state index is 4.16. The topological polar surface area (TPSA) is 28.2 Å². The number of thiazole rings is 1. The van der Waals surface area contributed by atoms with E-state index in [0.29, 0.717) is 6.04 Å². The highest BCUT2D eigenvalue weighted by Crippen LogP contribution is 2.17. The summed E-state index contributed by atoms with van der Waals surface area (Å²) >= 11 is 1.76. The third-order valence-corrected chi connectivity index (χ3v) is 4.23. The van der Waals surface area contributed by atoms with Gasteiger partial charge in [-0.1, -0.05) is 0 Å². The van der Waals surface area contributed by atoms with Crippen molar-refractivity contribution in [2.75, 3.05) is 19.6 Å². The minimum atomic E-state index is 0.610. The van der Waals surface area contributed by atoms with Gasteiger partial charge in [-0.15, -0.1) is 11.3 Å². The Morgan fingerprint density at radius 2 is 2.47 bits per heavy atom. The summed E-state index contributed by atoms with van der Waals surface area (Å²) in [5, 5.41) is 3.50. The van der Waals surface area contributed by atoms with E-state index in [-0.39, 0.29) is 0 Å². The summed E-state index contributed by atoms with van der Waals surface area (Å²) in [5.41, 5.74) is 1.93. The van der Waals surface area contributed by atoms with E-state index < -0.39 is 0 Å². The molecular formula is C13H23N3S. The van der Waals surface area contributed by atoms with Gasteiger partial charge in [0.15, 0.2) is 0 Å². The van der Waals surface area contributed by atoms with Crippen molar-refractivity contribution >= 4 is 11.3 Å². The first-order valence-corrected chi connectivity index (χ1v) is 7.46. The molecule has 2 heterocycles. The number of hydrogen-bond donors (Lipinski definition) is 1. The molecule has 1 atom stereocenters. The Hall–Kier alpha value is -0.450. The summed E-state index contributed by atoms with van der Waals surface area (Å²) in [6, 6.07) is 0.610. The van der Waals surface area contributed by atoms with Gasteiger partial charge >= 0.3 is 0 Å². The molecule has 1 aromatic heterocycles. The molecule has 96 valence electrons. The Morgan fingerprint density at radius 1 is 1.59 bits per heavy atom. The molecule has 0 amide bonds. The van der Waals surface area contributed by atoms with Crippen LogP contribution in [0, 0.1) is 5.92 Å². The maximum absolute atomic E-state index is 4.16. The molecule has 0 bridgehead atoms. The molecule has 0 saturated carbocycles. The Kier molecular flexibility index (Phi) is 4.95. The smallest absolute Gasteiger partial charge is 0.0794 e. The van der Waals surface area contributed by atoms with Gasteiger partial charge in [0.2, 0.25) is 0 Å². The SMILES string of the molecule is CC(C)N(Cc1cncs1)CC1CCCNC1. The quantitative estimate of drug-likeness (QED) is 0.873. The second-order valence-corrected chi connectivity index (χ2v) is 6.17. The van der Waals surface area contributed by atoms with E-state index in [1.165, 1.54) is 37.4 Å². The number of hydrogen-bond acceptors (Lipinski definition) is 4. The van der Waals surface area contributed by atoms with E-state index in [4.69, 9.17) is 0 Å². The monoisotopic (exact) mass is 253 g/mol. The Bertz CT molecular complexity index is 304. The van der Waals surface area contributed by atoms with Crippen LogP contribution < -0.4 is 5.32 Å². The molecule has 1 aliphatic rings. The van der Waals surface area contributed by atoms with E-state index in [1.807, 2.05) is 11.7 Å². The van der Waals surface area contributed by atoms with Crippen LogP contribution in [0.5, 0.6) is 0 Å². The van der Waals surface area contributed by atoms with Crippen LogP contribution in [-0.2, 0) is 6.54 Å². The Morgan fingerprint density at radius 3 is 3.06 bits per heavy atom. The summed E-state index contributed by atoms with van der Waals surface area (Å²) in [5.74, 6) is 0.819. The zero-order valence-corrected chi connectivity index (χ0v) is 11.7. The molecule has 1 unspecified atom stereocenters. The van der Waals surface area contributed by atoms with Gasteiger partial charge in [0.25, 0.3) is 0 Å². The lowest BCUT2D eigenvalue weighted by molar-refractivity contribution is 0.165. The highest BCUT2D eigenvalue weighted by atomic mass is 32.1. The molecule has 1 saturated heterocycles. The van der Waals surface area contributed by atoms with Gasteiger partial charge in [-0.05, 0) is 45.7 Å².